The summed E-state index contributed by atoms with van der Waals surface area (Å²) in [6.45, 7) is 3.79. The van der Waals surface area contributed by atoms with Crippen molar-refractivity contribution in [2.45, 2.75) is 38.0 Å². The molecule has 1 unspecified atom stereocenters. The molecular formula is C12H19N3O4S. The molecule has 2 N–H and O–H groups in total. The predicted octanol–water partition coefficient (Wildman–Crippen LogP) is 0.984. The van der Waals surface area contributed by atoms with Crippen molar-refractivity contribution >= 4 is 16.0 Å². The number of nitrogens with zero attached hydrogens (tertiary/aromatic N) is 2. The molecule has 1 aromatic heterocycles. The maximum absolute atomic E-state index is 12.6. The van der Waals surface area contributed by atoms with Gasteiger partial charge in [0.2, 0.25) is 10.0 Å². The molecule has 20 heavy (non-hydrogen) atoms. The van der Waals surface area contributed by atoms with Gasteiger partial charge in [0.05, 0.1) is 17.3 Å². The average Bonchev–Trinajstić information content (AvgIpc) is 2.85. The third kappa shape index (κ3) is 2.33. The van der Waals surface area contributed by atoms with Crippen LogP contribution in [0.4, 0.5) is 0 Å². The van der Waals surface area contributed by atoms with Gasteiger partial charge in [-0.25, -0.2) is 8.42 Å². The lowest BCUT2D eigenvalue weighted by atomic mass is 9.78. The summed E-state index contributed by atoms with van der Waals surface area (Å²) in [4.78, 5) is 11.6. The quantitative estimate of drug-likeness (QED) is 0.863. The summed E-state index contributed by atoms with van der Waals surface area (Å²) in [6, 6.07) is 0. The average molecular weight is 301 g/mol. The monoisotopic (exact) mass is 301 g/mol. The number of rotatable bonds is 4. The Morgan fingerprint density at radius 1 is 1.60 bits per heavy atom. The molecule has 0 aromatic carbocycles. The van der Waals surface area contributed by atoms with Crippen molar-refractivity contribution in [3.63, 3.8) is 0 Å². The molecule has 1 aliphatic heterocycles. The Kier molecular flexibility index (Phi) is 3.88. The molecule has 1 atom stereocenters. The van der Waals surface area contributed by atoms with Crippen molar-refractivity contribution in [2.24, 2.45) is 5.41 Å². The molecule has 0 saturated carbocycles. The van der Waals surface area contributed by atoms with Crippen molar-refractivity contribution < 1.29 is 18.3 Å². The predicted molar refractivity (Wildman–Crippen MR) is 71.7 cm³/mol. The molecule has 7 nitrogen and oxygen atoms in total. The Labute approximate surface area is 118 Å². The van der Waals surface area contributed by atoms with E-state index in [0.717, 1.165) is 0 Å². The molecule has 1 aromatic rings. The number of H-pyrrole nitrogens is 1. The minimum absolute atomic E-state index is 0.0196. The number of carboxylic acid groups (broad SMARTS) is 1. The third-order valence-electron chi connectivity index (χ3n) is 4.07. The number of nitrogens with one attached hydrogen (secondary N) is 1. The SMILES string of the molecule is CCC1(C(=O)O)CCCN(S(=O)(=O)c2cn[nH]c2C)C1. The molecule has 0 amide bonds. The highest BCUT2D eigenvalue weighted by atomic mass is 32.2. The van der Waals surface area contributed by atoms with Crippen molar-refractivity contribution in [1.29, 1.82) is 0 Å². The molecule has 1 aliphatic rings. The summed E-state index contributed by atoms with van der Waals surface area (Å²) in [7, 11) is -3.69. The maximum atomic E-state index is 12.6. The van der Waals surface area contributed by atoms with Crippen LogP contribution in [0.1, 0.15) is 31.9 Å². The van der Waals surface area contributed by atoms with Crippen LogP contribution in [0.25, 0.3) is 0 Å². The molecule has 0 bridgehead atoms. The van der Waals surface area contributed by atoms with E-state index in [1.54, 1.807) is 13.8 Å². The Balaban J connectivity index is 2.34. The van der Waals surface area contributed by atoms with Gasteiger partial charge in [-0.1, -0.05) is 6.92 Å². The van der Waals surface area contributed by atoms with Crippen LogP contribution in [0.2, 0.25) is 0 Å². The van der Waals surface area contributed by atoms with Crippen LogP contribution < -0.4 is 0 Å². The van der Waals surface area contributed by atoms with Gasteiger partial charge in [-0.2, -0.15) is 9.40 Å². The van der Waals surface area contributed by atoms with E-state index >= 15 is 0 Å². The molecule has 0 spiro atoms. The second-order valence-electron chi connectivity index (χ2n) is 5.24. The highest BCUT2D eigenvalue weighted by Gasteiger charge is 2.44. The number of carboxylic acids is 1. The topological polar surface area (TPSA) is 103 Å². The smallest absolute Gasteiger partial charge is 0.310 e. The van der Waals surface area contributed by atoms with Crippen LogP contribution in [0.15, 0.2) is 11.1 Å². The number of aromatic amines is 1. The molecule has 0 radical (unpaired) electrons. The summed E-state index contributed by atoms with van der Waals surface area (Å²) in [5.74, 6) is -0.927. The fraction of sp³-hybridized carbons (Fsp3) is 0.667. The number of hydrogen-bond acceptors (Lipinski definition) is 4. The van der Waals surface area contributed by atoms with Crippen LogP contribution in [-0.4, -0.2) is 47.1 Å². The van der Waals surface area contributed by atoms with Gasteiger partial charge in [0.1, 0.15) is 4.90 Å². The van der Waals surface area contributed by atoms with Gasteiger partial charge in [-0.05, 0) is 26.2 Å². The molecule has 0 aliphatic carbocycles. The second-order valence-corrected chi connectivity index (χ2v) is 7.15. The molecule has 2 rings (SSSR count). The number of aromatic nitrogens is 2. The highest BCUT2D eigenvalue weighted by Crippen LogP contribution is 2.36. The lowest BCUT2D eigenvalue weighted by molar-refractivity contribution is -0.151. The summed E-state index contributed by atoms with van der Waals surface area (Å²) < 4.78 is 26.4. The van der Waals surface area contributed by atoms with Gasteiger partial charge in [-0.3, -0.25) is 9.89 Å². The summed E-state index contributed by atoms with van der Waals surface area (Å²) >= 11 is 0. The highest BCUT2D eigenvalue weighted by molar-refractivity contribution is 7.89. The minimum Gasteiger partial charge on any atom is -0.481 e. The molecule has 1 fully saturated rings. The fourth-order valence-corrected chi connectivity index (χ4v) is 4.33. The van der Waals surface area contributed by atoms with E-state index in [1.807, 2.05) is 0 Å². The first-order valence-electron chi connectivity index (χ1n) is 6.57. The zero-order valence-electron chi connectivity index (χ0n) is 11.6. The first kappa shape index (κ1) is 15.0. The number of piperidine rings is 1. The molecule has 112 valence electrons. The van der Waals surface area contributed by atoms with Gasteiger partial charge >= 0.3 is 5.97 Å². The van der Waals surface area contributed by atoms with Crippen molar-refractivity contribution in [2.75, 3.05) is 13.1 Å². The molecule has 2 heterocycles. The summed E-state index contributed by atoms with van der Waals surface area (Å²) in [5.41, 5.74) is -0.517. The van der Waals surface area contributed by atoms with E-state index in [4.69, 9.17) is 0 Å². The fourth-order valence-electron chi connectivity index (χ4n) is 2.65. The second kappa shape index (κ2) is 5.17. The third-order valence-corrected chi connectivity index (χ3v) is 6.03. The zero-order chi connectivity index (χ0) is 15.0. The van der Waals surface area contributed by atoms with Crippen molar-refractivity contribution in [3.05, 3.63) is 11.9 Å². The Morgan fingerprint density at radius 3 is 2.80 bits per heavy atom. The van der Waals surface area contributed by atoms with Gasteiger partial charge in [0.15, 0.2) is 0 Å². The van der Waals surface area contributed by atoms with E-state index in [0.29, 0.717) is 31.5 Å². The lowest BCUT2D eigenvalue weighted by Crippen LogP contribution is -2.49. The lowest BCUT2D eigenvalue weighted by Gasteiger charge is -2.38. The van der Waals surface area contributed by atoms with Crippen LogP contribution in [0.3, 0.4) is 0 Å². The summed E-state index contributed by atoms with van der Waals surface area (Å²) in [6.07, 6.45) is 2.75. The number of carbonyl (C=O) groups is 1. The van der Waals surface area contributed by atoms with Gasteiger partial charge in [0.25, 0.3) is 0 Å². The zero-order valence-corrected chi connectivity index (χ0v) is 12.4. The van der Waals surface area contributed by atoms with Crippen LogP contribution >= 0.6 is 0 Å². The molecule has 8 heteroatoms. The van der Waals surface area contributed by atoms with E-state index in [1.165, 1.54) is 10.5 Å². The first-order valence-corrected chi connectivity index (χ1v) is 8.01. The maximum Gasteiger partial charge on any atom is 0.310 e. The summed E-state index contributed by atoms with van der Waals surface area (Å²) in [5, 5.41) is 15.7. The minimum atomic E-state index is -3.69. The van der Waals surface area contributed by atoms with Crippen LogP contribution in [0.5, 0.6) is 0 Å². The van der Waals surface area contributed by atoms with Gasteiger partial charge in [0, 0.05) is 13.1 Å². The van der Waals surface area contributed by atoms with E-state index in [9.17, 15) is 18.3 Å². The van der Waals surface area contributed by atoms with E-state index in [-0.39, 0.29) is 11.4 Å². The Hall–Kier alpha value is -1.41. The van der Waals surface area contributed by atoms with Crippen molar-refractivity contribution in [1.82, 2.24) is 14.5 Å². The van der Waals surface area contributed by atoms with Crippen LogP contribution in [0, 0.1) is 12.3 Å². The number of sulfonamides is 1. The largest absolute Gasteiger partial charge is 0.481 e. The van der Waals surface area contributed by atoms with E-state index in [2.05, 4.69) is 10.2 Å². The van der Waals surface area contributed by atoms with Gasteiger partial charge < -0.3 is 5.11 Å². The number of aryl methyl sites for hydroxylation is 1. The van der Waals surface area contributed by atoms with Gasteiger partial charge in [-0.15, -0.1) is 0 Å². The number of aliphatic carboxylic acids is 1. The number of hydrogen-bond donors (Lipinski definition) is 2. The first-order chi connectivity index (χ1) is 9.33. The Bertz CT molecular complexity index is 610. The molecular weight excluding hydrogens is 282 g/mol. The Morgan fingerprint density at radius 2 is 2.30 bits per heavy atom. The standard InChI is InChI=1S/C12H19N3O4S/c1-3-12(11(16)17)5-4-6-15(8-12)20(18,19)10-7-13-14-9(10)2/h7H,3-6,8H2,1-2H3,(H,13,14)(H,16,17). The molecule has 1 saturated heterocycles. The van der Waals surface area contributed by atoms with Crippen molar-refractivity contribution in [3.8, 4) is 0 Å². The normalized spacial score (nSPS) is 24.7. The van der Waals surface area contributed by atoms with E-state index < -0.39 is 21.4 Å². The van der Waals surface area contributed by atoms with Crippen LogP contribution in [-0.2, 0) is 14.8 Å².